The first-order valence-electron chi connectivity index (χ1n) is 10.0. The van der Waals surface area contributed by atoms with Gasteiger partial charge in [0.15, 0.2) is 0 Å². The van der Waals surface area contributed by atoms with Crippen LogP contribution >= 0.6 is 0 Å². The van der Waals surface area contributed by atoms with Crippen LogP contribution in [0.2, 0.25) is 0 Å². The fraction of sp³-hybridized carbons (Fsp3) is 0.115. The summed E-state index contributed by atoms with van der Waals surface area (Å²) in [5.74, 6) is 0. The molecule has 30 heavy (non-hydrogen) atoms. The summed E-state index contributed by atoms with van der Waals surface area (Å²) in [6.45, 7) is 0.965. The third-order valence-corrected chi connectivity index (χ3v) is 4.96. The van der Waals surface area contributed by atoms with Crippen LogP contribution in [0.15, 0.2) is 109 Å². The molecule has 0 aliphatic rings. The molecule has 0 fully saturated rings. The minimum Gasteiger partial charge on any atom is -0.445 e. The molecule has 0 aliphatic heterocycles. The normalized spacial score (nSPS) is 11.6. The predicted molar refractivity (Wildman–Crippen MR) is 118 cm³/mol. The number of amides is 1. The van der Waals surface area contributed by atoms with Crippen molar-refractivity contribution in [3.05, 3.63) is 132 Å². The van der Waals surface area contributed by atoms with Gasteiger partial charge in [-0.1, -0.05) is 91.0 Å². The molecule has 4 heteroatoms. The Labute approximate surface area is 176 Å². The molecule has 4 nitrogen and oxygen atoms in total. The van der Waals surface area contributed by atoms with Crippen LogP contribution in [0.1, 0.15) is 28.4 Å². The van der Waals surface area contributed by atoms with Crippen molar-refractivity contribution in [3.63, 3.8) is 0 Å². The van der Waals surface area contributed by atoms with E-state index in [1.165, 1.54) is 5.56 Å². The summed E-state index contributed by atoms with van der Waals surface area (Å²) >= 11 is 0. The number of hydrogen-bond donors (Lipinski definition) is 1. The van der Waals surface area contributed by atoms with Gasteiger partial charge in [0, 0.05) is 18.4 Å². The number of aromatic nitrogens is 1. The van der Waals surface area contributed by atoms with Crippen LogP contribution in [0.5, 0.6) is 0 Å². The fourth-order valence-electron chi connectivity index (χ4n) is 3.47. The third-order valence-electron chi connectivity index (χ3n) is 4.96. The zero-order valence-corrected chi connectivity index (χ0v) is 16.6. The first-order valence-corrected chi connectivity index (χ1v) is 10.0. The van der Waals surface area contributed by atoms with Crippen molar-refractivity contribution in [2.45, 2.75) is 19.2 Å². The van der Waals surface area contributed by atoms with E-state index < -0.39 is 6.09 Å². The van der Waals surface area contributed by atoms with E-state index in [1.807, 2.05) is 97.2 Å². The van der Waals surface area contributed by atoms with Crippen LogP contribution < -0.4 is 5.32 Å². The molecule has 4 aromatic rings. The summed E-state index contributed by atoms with van der Waals surface area (Å²) in [4.78, 5) is 12.6. The number of carbonyl (C=O) groups is 1. The summed E-state index contributed by atoms with van der Waals surface area (Å²) in [6.07, 6.45) is 1.59. The molecule has 0 radical (unpaired) electrons. The molecule has 1 heterocycles. The lowest BCUT2D eigenvalue weighted by Gasteiger charge is -2.21. The highest BCUT2D eigenvalue weighted by Crippen LogP contribution is 2.24. The molecule has 4 rings (SSSR count). The van der Waals surface area contributed by atoms with Crippen molar-refractivity contribution in [2.75, 3.05) is 0 Å². The Bertz CT molecular complexity index is 1060. The van der Waals surface area contributed by atoms with Crippen molar-refractivity contribution < 1.29 is 9.53 Å². The van der Waals surface area contributed by atoms with Gasteiger partial charge in [-0.3, -0.25) is 0 Å². The molecule has 0 bridgehead atoms. The average molecular weight is 396 g/mol. The quantitative estimate of drug-likeness (QED) is 0.445. The van der Waals surface area contributed by atoms with Gasteiger partial charge < -0.3 is 14.6 Å². The Morgan fingerprint density at radius 2 is 1.37 bits per heavy atom. The summed E-state index contributed by atoms with van der Waals surface area (Å²) < 4.78 is 7.63. The third kappa shape index (κ3) is 4.97. The number of nitrogens with zero attached hydrogens (tertiary/aromatic N) is 1. The highest BCUT2D eigenvalue weighted by atomic mass is 16.5. The molecule has 0 aliphatic carbocycles. The molecule has 0 saturated carbocycles. The number of alkyl carbamates (subject to hydrolysis) is 1. The molecule has 1 atom stereocenters. The van der Waals surface area contributed by atoms with E-state index in [1.54, 1.807) is 0 Å². The van der Waals surface area contributed by atoms with Crippen LogP contribution in [-0.4, -0.2) is 10.7 Å². The zero-order valence-electron chi connectivity index (χ0n) is 16.6. The molecule has 1 aromatic heterocycles. The summed E-state index contributed by atoms with van der Waals surface area (Å²) in [5.41, 5.74) is 4.16. The van der Waals surface area contributed by atoms with Crippen LogP contribution in [0.4, 0.5) is 4.79 Å². The van der Waals surface area contributed by atoms with E-state index in [0.29, 0.717) is 0 Å². The zero-order chi connectivity index (χ0) is 20.6. The summed E-state index contributed by atoms with van der Waals surface area (Å²) in [6, 6.07) is 33.6. The molecule has 1 amide bonds. The SMILES string of the molecule is O=C(N[C@@H](c1ccccc1)c1cccn1Cc1ccccc1)OCc1ccccc1. The van der Waals surface area contributed by atoms with E-state index in [4.69, 9.17) is 4.74 Å². The monoisotopic (exact) mass is 396 g/mol. The maximum atomic E-state index is 12.6. The molecule has 0 unspecified atom stereocenters. The highest BCUT2D eigenvalue weighted by Gasteiger charge is 2.20. The molecular weight excluding hydrogens is 372 g/mol. The summed E-state index contributed by atoms with van der Waals surface area (Å²) in [5, 5.41) is 3.05. The van der Waals surface area contributed by atoms with Gasteiger partial charge in [0.05, 0.1) is 6.04 Å². The van der Waals surface area contributed by atoms with Crippen LogP contribution in [0, 0.1) is 0 Å². The van der Waals surface area contributed by atoms with Crippen molar-refractivity contribution in [1.82, 2.24) is 9.88 Å². The first kappa shape index (κ1) is 19.5. The smallest absolute Gasteiger partial charge is 0.408 e. The first-order chi connectivity index (χ1) is 14.8. The second kappa shape index (κ2) is 9.61. The van der Waals surface area contributed by atoms with Gasteiger partial charge in [0.25, 0.3) is 0 Å². The van der Waals surface area contributed by atoms with Gasteiger partial charge in [-0.2, -0.15) is 0 Å². The highest BCUT2D eigenvalue weighted by molar-refractivity contribution is 5.68. The van der Waals surface area contributed by atoms with Crippen LogP contribution in [0.3, 0.4) is 0 Å². The average Bonchev–Trinajstić information content (AvgIpc) is 3.26. The molecular formula is C26H24N2O2. The van der Waals surface area contributed by atoms with E-state index in [0.717, 1.165) is 23.4 Å². The van der Waals surface area contributed by atoms with Crippen LogP contribution in [0.25, 0.3) is 0 Å². The van der Waals surface area contributed by atoms with Gasteiger partial charge in [-0.25, -0.2) is 4.79 Å². The number of carbonyl (C=O) groups excluding carboxylic acids is 1. The molecule has 1 N–H and O–H groups in total. The Kier molecular flexibility index (Phi) is 6.25. The van der Waals surface area contributed by atoms with E-state index in [9.17, 15) is 4.79 Å². The van der Waals surface area contributed by atoms with E-state index in [2.05, 4.69) is 22.0 Å². The van der Waals surface area contributed by atoms with Crippen LogP contribution in [-0.2, 0) is 17.9 Å². The van der Waals surface area contributed by atoms with Crippen molar-refractivity contribution >= 4 is 6.09 Å². The number of rotatable bonds is 7. The second-order valence-electron chi connectivity index (χ2n) is 7.10. The van der Waals surface area contributed by atoms with E-state index in [-0.39, 0.29) is 12.6 Å². The topological polar surface area (TPSA) is 43.3 Å². The van der Waals surface area contributed by atoms with Gasteiger partial charge in [0.2, 0.25) is 0 Å². The fourth-order valence-corrected chi connectivity index (χ4v) is 3.47. The second-order valence-corrected chi connectivity index (χ2v) is 7.10. The standard InChI is InChI=1S/C26H24N2O2/c29-26(30-20-22-13-6-2-7-14-22)27-25(23-15-8-3-9-16-23)24-17-10-18-28(24)19-21-11-4-1-5-12-21/h1-18,25H,19-20H2,(H,27,29)/t25-/m0/s1. The minimum atomic E-state index is -0.444. The Morgan fingerprint density at radius 1 is 0.767 bits per heavy atom. The van der Waals surface area contributed by atoms with Crippen molar-refractivity contribution in [1.29, 1.82) is 0 Å². The lowest BCUT2D eigenvalue weighted by molar-refractivity contribution is 0.137. The summed E-state index contributed by atoms with van der Waals surface area (Å²) in [7, 11) is 0. The number of hydrogen-bond acceptors (Lipinski definition) is 2. The Balaban J connectivity index is 1.54. The lowest BCUT2D eigenvalue weighted by Crippen LogP contribution is -2.31. The largest absolute Gasteiger partial charge is 0.445 e. The van der Waals surface area contributed by atoms with Crippen molar-refractivity contribution in [3.8, 4) is 0 Å². The molecule has 0 saturated heterocycles. The maximum Gasteiger partial charge on any atom is 0.408 e. The number of benzene rings is 3. The Hall–Kier alpha value is -3.79. The Morgan fingerprint density at radius 3 is 2.03 bits per heavy atom. The lowest BCUT2D eigenvalue weighted by atomic mass is 10.0. The maximum absolute atomic E-state index is 12.6. The van der Waals surface area contributed by atoms with Gasteiger partial charge in [-0.05, 0) is 28.8 Å². The van der Waals surface area contributed by atoms with Crippen molar-refractivity contribution in [2.24, 2.45) is 0 Å². The minimum absolute atomic E-state index is 0.235. The number of nitrogens with one attached hydrogen (secondary N) is 1. The van der Waals surface area contributed by atoms with E-state index >= 15 is 0 Å². The molecule has 150 valence electrons. The molecule has 3 aromatic carbocycles. The van der Waals surface area contributed by atoms with Gasteiger partial charge >= 0.3 is 6.09 Å². The van der Waals surface area contributed by atoms with Gasteiger partial charge in [-0.15, -0.1) is 0 Å². The molecule has 0 spiro atoms. The predicted octanol–water partition coefficient (Wildman–Crippen LogP) is 5.55. The van der Waals surface area contributed by atoms with Gasteiger partial charge in [0.1, 0.15) is 6.61 Å². The number of ether oxygens (including phenoxy) is 1.